The molecular formula is C25H28N2O2S. The van der Waals surface area contributed by atoms with Gasteiger partial charge in [0.25, 0.3) is 11.8 Å². The Hall–Kier alpha value is -2.53. The lowest BCUT2D eigenvalue weighted by molar-refractivity contribution is 0.0890. The van der Waals surface area contributed by atoms with Crippen molar-refractivity contribution >= 4 is 29.3 Å². The minimum Gasteiger partial charge on any atom is -0.349 e. The Morgan fingerprint density at radius 2 is 2.00 bits per heavy atom. The van der Waals surface area contributed by atoms with Gasteiger partial charge in [0.05, 0.1) is 11.3 Å². The summed E-state index contributed by atoms with van der Waals surface area (Å²) in [4.78, 5) is 29.9. The third kappa shape index (κ3) is 3.91. The van der Waals surface area contributed by atoms with Crippen molar-refractivity contribution in [2.45, 2.75) is 48.9 Å². The third-order valence-electron chi connectivity index (χ3n) is 6.43. The zero-order chi connectivity index (χ0) is 21.3. The highest BCUT2D eigenvalue weighted by atomic mass is 32.2. The van der Waals surface area contributed by atoms with Crippen molar-refractivity contribution in [3.8, 4) is 0 Å². The summed E-state index contributed by atoms with van der Waals surface area (Å²) in [6.07, 6.45) is 5.12. The maximum atomic E-state index is 13.2. The second-order valence-corrected chi connectivity index (χ2v) is 9.42. The van der Waals surface area contributed by atoms with E-state index < -0.39 is 0 Å². The molecule has 3 atom stereocenters. The van der Waals surface area contributed by atoms with Gasteiger partial charge in [-0.25, -0.2) is 0 Å². The zero-order valence-corrected chi connectivity index (χ0v) is 18.4. The molecule has 2 amide bonds. The first-order valence-corrected chi connectivity index (χ1v) is 11.5. The number of nitrogens with one attached hydrogen (secondary N) is 1. The van der Waals surface area contributed by atoms with E-state index >= 15 is 0 Å². The summed E-state index contributed by atoms with van der Waals surface area (Å²) in [5.41, 5.74) is 2.03. The van der Waals surface area contributed by atoms with E-state index in [0.29, 0.717) is 29.5 Å². The Kier molecular flexibility index (Phi) is 6.00. The van der Waals surface area contributed by atoms with E-state index in [2.05, 4.69) is 25.7 Å². The number of carbonyl (C=O) groups excluding carboxylic acids is 2. The van der Waals surface area contributed by atoms with Gasteiger partial charge < -0.3 is 10.2 Å². The predicted molar refractivity (Wildman–Crippen MR) is 122 cm³/mol. The van der Waals surface area contributed by atoms with E-state index in [1.54, 1.807) is 22.7 Å². The van der Waals surface area contributed by atoms with Gasteiger partial charge in [-0.1, -0.05) is 56.7 Å². The fourth-order valence-corrected chi connectivity index (χ4v) is 5.47. The molecule has 1 N–H and O–H groups in total. The molecule has 0 aromatic heterocycles. The van der Waals surface area contributed by atoms with E-state index in [1.165, 1.54) is 6.42 Å². The van der Waals surface area contributed by atoms with Gasteiger partial charge in [-0.2, -0.15) is 0 Å². The highest BCUT2D eigenvalue weighted by molar-refractivity contribution is 7.99. The first-order valence-electron chi connectivity index (χ1n) is 10.6. The lowest BCUT2D eigenvalue weighted by atomic mass is 9.78. The number of nitrogens with zero attached hydrogens (tertiary/aromatic N) is 1. The Balaban J connectivity index is 1.65. The summed E-state index contributed by atoms with van der Waals surface area (Å²) < 4.78 is 0. The first-order chi connectivity index (χ1) is 14.5. The van der Waals surface area contributed by atoms with Gasteiger partial charge >= 0.3 is 0 Å². The molecule has 0 unspecified atom stereocenters. The summed E-state index contributed by atoms with van der Waals surface area (Å²) in [6, 6.07) is 13.5. The van der Waals surface area contributed by atoms with E-state index in [4.69, 9.17) is 0 Å². The SMILES string of the molecule is C=CCN1C(=O)c2ccccc2Sc2ccc(C(=O)N[C@@H]3CCC[C@H](C)[C@H]3C)cc21. The van der Waals surface area contributed by atoms with Gasteiger partial charge in [-0.05, 0) is 48.6 Å². The quantitative estimate of drug-likeness (QED) is 0.661. The van der Waals surface area contributed by atoms with Crippen molar-refractivity contribution in [2.75, 3.05) is 11.4 Å². The van der Waals surface area contributed by atoms with Crippen LogP contribution in [0.2, 0.25) is 0 Å². The Bertz CT molecular complexity index is 987. The van der Waals surface area contributed by atoms with Crippen molar-refractivity contribution in [3.05, 3.63) is 66.2 Å². The fraction of sp³-hybridized carbons (Fsp3) is 0.360. The molecule has 0 spiro atoms. The maximum absolute atomic E-state index is 13.2. The van der Waals surface area contributed by atoms with Crippen LogP contribution < -0.4 is 10.2 Å². The summed E-state index contributed by atoms with van der Waals surface area (Å²) >= 11 is 1.56. The molecule has 0 saturated heterocycles. The molecule has 2 aromatic carbocycles. The highest BCUT2D eigenvalue weighted by Crippen LogP contribution is 2.41. The van der Waals surface area contributed by atoms with Crippen LogP contribution >= 0.6 is 11.8 Å². The molecule has 2 aromatic rings. The first kappa shape index (κ1) is 20.7. The van der Waals surface area contributed by atoms with Gasteiger partial charge in [0.15, 0.2) is 0 Å². The molecule has 5 heteroatoms. The topological polar surface area (TPSA) is 49.4 Å². The largest absolute Gasteiger partial charge is 0.349 e. The van der Waals surface area contributed by atoms with Gasteiger partial charge in [0.2, 0.25) is 0 Å². The molecule has 2 aliphatic rings. The van der Waals surface area contributed by atoms with Crippen molar-refractivity contribution in [1.29, 1.82) is 0 Å². The van der Waals surface area contributed by atoms with Gasteiger partial charge in [-0.3, -0.25) is 9.59 Å². The lowest BCUT2D eigenvalue weighted by Crippen LogP contribution is -2.43. The third-order valence-corrected chi connectivity index (χ3v) is 7.57. The molecule has 30 heavy (non-hydrogen) atoms. The fourth-order valence-electron chi connectivity index (χ4n) is 4.41. The predicted octanol–water partition coefficient (Wildman–Crippen LogP) is 5.54. The number of amides is 2. The lowest BCUT2D eigenvalue weighted by Gasteiger charge is -2.34. The molecule has 1 fully saturated rings. The molecule has 0 radical (unpaired) electrons. The van der Waals surface area contributed by atoms with E-state index in [1.807, 2.05) is 42.5 Å². The van der Waals surface area contributed by atoms with Crippen LogP contribution in [0.5, 0.6) is 0 Å². The Morgan fingerprint density at radius 1 is 1.20 bits per heavy atom. The molecule has 1 saturated carbocycles. The van der Waals surface area contributed by atoms with Crippen LogP contribution in [0.1, 0.15) is 53.8 Å². The number of fused-ring (bicyclic) bond motifs is 2. The van der Waals surface area contributed by atoms with Crippen molar-refractivity contribution < 1.29 is 9.59 Å². The number of rotatable bonds is 4. The summed E-state index contributed by atoms with van der Waals surface area (Å²) in [5, 5.41) is 3.24. The van der Waals surface area contributed by atoms with E-state index in [0.717, 1.165) is 28.3 Å². The smallest absolute Gasteiger partial charge is 0.259 e. The standard InChI is InChI=1S/C25H28N2O2S/c1-4-14-27-21-15-18(24(28)26-20-10-7-8-16(2)17(20)3)12-13-23(21)30-22-11-6-5-9-19(22)25(27)29/h4-6,9,11-13,15-17,20H,1,7-8,10,14H2,2-3H3,(H,26,28)/t16-,17+,20+/m0/s1. The number of carbonyl (C=O) groups is 2. The highest BCUT2D eigenvalue weighted by Gasteiger charge is 2.30. The van der Waals surface area contributed by atoms with Gasteiger partial charge in [0.1, 0.15) is 0 Å². The molecule has 4 nitrogen and oxygen atoms in total. The van der Waals surface area contributed by atoms with Crippen LogP contribution in [-0.4, -0.2) is 24.4 Å². The van der Waals surface area contributed by atoms with Crippen LogP contribution in [0.3, 0.4) is 0 Å². The second-order valence-electron chi connectivity index (χ2n) is 8.33. The number of hydrogen-bond acceptors (Lipinski definition) is 3. The summed E-state index contributed by atoms with van der Waals surface area (Å²) in [5.74, 6) is 0.949. The van der Waals surface area contributed by atoms with Crippen LogP contribution in [0.4, 0.5) is 5.69 Å². The van der Waals surface area contributed by atoms with Gasteiger partial charge in [-0.15, -0.1) is 6.58 Å². The molecule has 4 rings (SSSR count). The molecule has 156 valence electrons. The molecule has 1 aliphatic heterocycles. The average molecular weight is 421 g/mol. The normalized spacial score (nSPS) is 23.2. The van der Waals surface area contributed by atoms with Crippen molar-refractivity contribution in [3.63, 3.8) is 0 Å². The molecular weight excluding hydrogens is 392 g/mol. The molecule has 1 aliphatic carbocycles. The van der Waals surface area contributed by atoms with E-state index in [9.17, 15) is 9.59 Å². The number of benzene rings is 2. The minimum atomic E-state index is -0.0680. The molecule has 0 bridgehead atoms. The minimum absolute atomic E-state index is 0.0657. The summed E-state index contributed by atoms with van der Waals surface area (Å²) in [7, 11) is 0. The number of hydrogen-bond donors (Lipinski definition) is 1. The zero-order valence-electron chi connectivity index (χ0n) is 17.6. The van der Waals surface area contributed by atoms with Crippen LogP contribution in [-0.2, 0) is 0 Å². The van der Waals surface area contributed by atoms with Crippen LogP contribution in [0.15, 0.2) is 64.9 Å². The number of anilines is 1. The van der Waals surface area contributed by atoms with E-state index in [-0.39, 0.29) is 17.9 Å². The van der Waals surface area contributed by atoms with Crippen molar-refractivity contribution in [2.24, 2.45) is 11.8 Å². The molecule has 1 heterocycles. The van der Waals surface area contributed by atoms with Crippen LogP contribution in [0, 0.1) is 11.8 Å². The summed E-state index contributed by atoms with van der Waals surface area (Å²) in [6.45, 7) is 8.70. The maximum Gasteiger partial charge on any atom is 0.259 e. The average Bonchev–Trinajstić information content (AvgIpc) is 2.86. The Labute approximate surface area is 182 Å². The second kappa shape index (κ2) is 8.68. The monoisotopic (exact) mass is 420 g/mol. The van der Waals surface area contributed by atoms with Gasteiger partial charge in [0, 0.05) is 27.9 Å². The van der Waals surface area contributed by atoms with Crippen LogP contribution in [0.25, 0.3) is 0 Å². The Morgan fingerprint density at radius 3 is 2.80 bits per heavy atom. The van der Waals surface area contributed by atoms with Crippen molar-refractivity contribution in [1.82, 2.24) is 5.32 Å².